The smallest absolute Gasteiger partial charge is 0.308 e. The Balaban J connectivity index is 1.98. The normalized spacial score (nSPS) is 38.6. The second-order valence-electron chi connectivity index (χ2n) is 11.1. The first kappa shape index (κ1) is 23.3. The Morgan fingerprint density at radius 3 is 2.53 bits per heavy atom. The summed E-state index contributed by atoms with van der Waals surface area (Å²) < 4.78 is 12.6. The molecule has 1 saturated heterocycles. The van der Waals surface area contributed by atoms with Gasteiger partial charge in [-0.3, -0.25) is 9.59 Å². The van der Waals surface area contributed by atoms with E-state index in [9.17, 15) is 14.7 Å². The molecule has 2 aliphatic carbocycles. The van der Waals surface area contributed by atoms with Crippen LogP contribution in [0.15, 0.2) is 11.6 Å². The number of rotatable bonds is 6. The lowest BCUT2D eigenvalue weighted by Crippen LogP contribution is -2.60. The Labute approximate surface area is 181 Å². The minimum atomic E-state index is -0.829. The van der Waals surface area contributed by atoms with Crippen molar-refractivity contribution < 1.29 is 24.2 Å². The SMILES string of the molecule is CC[C@@H](C)C(=O)OCC1=CC[C@@H]2C(C)(C)CCC[C@@]2(C)[C@]12CC[C@](C)(CC(=O)O)O2. The molecule has 5 heteroatoms. The molecule has 0 unspecified atom stereocenters. The molecule has 170 valence electrons. The first-order valence-corrected chi connectivity index (χ1v) is 11.7. The van der Waals surface area contributed by atoms with Gasteiger partial charge in [0.1, 0.15) is 6.61 Å². The molecule has 1 saturated carbocycles. The highest BCUT2D eigenvalue weighted by Crippen LogP contribution is 2.66. The molecule has 3 rings (SSSR count). The van der Waals surface area contributed by atoms with Crippen LogP contribution in [0, 0.1) is 22.7 Å². The highest BCUT2D eigenvalue weighted by atomic mass is 16.5. The Bertz CT molecular complexity index is 725. The van der Waals surface area contributed by atoms with Gasteiger partial charge in [-0.1, -0.05) is 47.1 Å². The number of fused-ring (bicyclic) bond motifs is 2. The molecule has 5 atom stereocenters. The number of carbonyl (C=O) groups is 2. The van der Waals surface area contributed by atoms with Crippen LogP contribution in [0.3, 0.4) is 0 Å². The largest absolute Gasteiger partial charge is 0.481 e. The van der Waals surface area contributed by atoms with Gasteiger partial charge in [0.05, 0.1) is 23.5 Å². The molecule has 0 aromatic rings. The second-order valence-corrected chi connectivity index (χ2v) is 11.1. The third-order valence-corrected chi connectivity index (χ3v) is 8.61. The van der Waals surface area contributed by atoms with Crippen molar-refractivity contribution in [3.8, 4) is 0 Å². The summed E-state index contributed by atoms with van der Waals surface area (Å²) in [6, 6.07) is 0. The van der Waals surface area contributed by atoms with E-state index >= 15 is 0 Å². The standard InChI is InChI=1S/C25H40O5/c1-7-17(2)21(28)29-16-18-9-10-19-22(3,4)11-8-12-24(19,6)25(18)14-13-23(5,30-25)15-20(26)27/h9,17,19H,7-8,10-16H2,1-6H3,(H,26,27)/t17-,19-,23-,24-,25+/m1/s1. The minimum absolute atomic E-state index is 0.00116. The van der Waals surface area contributed by atoms with E-state index in [0.29, 0.717) is 12.3 Å². The van der Waals surface area contributed by atoms with Crippen LogP contribution in [0.5, 0.6) is 0 Å². The molecule has 5 nitrogen and oxygen atoms in total. The number of carbonyl (C=O) groups excluding carboxylic acids is 1. The Morgan fingerprint density at radius 2 is 1.90 bits per heavy atom. The molecule has 0 amide bonds. The van der Waals surface area contributed by atoms with Gasteiger partial charge in [-0.2, -0.15) is 0 Å². The number of carboxylic acid groups (broad SMARTS) is 1. The van der Waals surface area contributed by atoms with E-state index in [0.717, 1.165) is 37.7 Å². The van der Waals surface area contributed by atoms with Crippen molar-refractivity contribution in [3.05, 3.63) is 11.6 Å². The van der Waals surface area contributed by atoms with Gasteiger partial charge in [0.25, 0.3) is 0 Å². The molecule has 1 aliphatic heterocycles. The third-order valence-electron chi connectivity index (χ3n) is 8.61. The van der Waals surface area contributed by atoms with Crippen LogP contribution in [0.2, 0.25) is 0 Å². The topological polar surface area (TPSA) is 72.8 Å². The quantitative estimate of drug-likeness (QED) is 0.452. The van der Waals surface area contributed by atoms with Gasteiger partial charge in [0.15, 0.2) is 0 Å². The van der Waals surface area contributed by atoms with Crippen LogP contribution in [0.1, 0.15) is 92.9 Å². The van der Waals surface area contributed by atoms with Crippen LogP contribution < -0.4 is 0 Å². The van der Waals surface area contributed by atoms with Crippen molar-refractivity contribution in [2.45, 2.75) is 104 Å². The highest BCUT2D eigenvalue weighted by molar-refractivity contribution is 5.72. The van der Waals surface area contributed by atoms with Gasteiger partial charge in [-0.25, -0.2) is 0 Å². The first-order valence-electron chi connectivity index (χ1n) is 11.7. The van der Waals surface area contributed by atoms with Gasteiger partial charge < -0.3 is 14.6 Å². The molecule has 0 radical (unpaired) electrons. The number of hydrogen-bond donors (Lipinski definition) is 1. The Hall–Kier alpha value is -1.36. The maximum atomic E-state index is 12.4. The Kier molecular flexibility index (Phi) is 6.18. The summed E-state index contributed by atoms with van der Waals surface area (Å²) in [6.07, 6.45) is 8.84. The average Bonchev–Trinajstić information content (AvgIpc) is 2.99. The molecule has 1 heterocycles. The minimum Gasteiger partial charge on any atom is -0.481 e. The maximum Gasteiger partial charge on any atom is 0.308 e. The van der Waals surface area contributed by atoms with Crippen LogP contribution in [0.4, 0.5) is 0 Å². The summed E-state index contributed by atoms with van der Waals surface area (Å²) >= 11 is 0. The van der Waals surface area contributed by atoms with E-state index < -0.39 is 17.2 Å². The highest BCUT2D eigenvalue weighted by Gasteiger charge is 2.65. The van der Waals surface area contributed by atoms with E-state index in [1.807, 2.05) is 20.8 Å². The summed E-state index contributed by atoms with van der Waals surface area (Å²) in [5, 5.41) is 9.47. The maximum absolute atomic E-state index is 12.4. The number of aliphatic carboxylic acids is 1. The van der Waals surface area contributed by atoms with Crippen LogP contribution in [-0.2, 0) is 19.1 Å². The number of ether oxygens (including phenoxy) is 2. The van der Waals surface area contributed by atoms with Crippen molar-refractivity contribution in [1.29, 1.82) is 0 Å². The number of esters is 1. The lowest BCUT2D eigenvalue weighted by molar-refractivity contribution is -0.196. The first-order chi connectivity index (χ1) is 13.9. The molecular formula is C25H40O5. The van der Waals surface area contributed by atoms with Crippen molar-refractivity contribution in [3.63, 3.8) is 0 Å². The van der Waals surface area contributed by atoms with E-state index in [1.54, 1.807) is 0 Å². The fourth-order valence-electron chi connectivity index (χ4n) is 6.65. The van der Waals surface area contributed by atoms with Gasteiger partial charge in [-0.15, -0.1) is 0 Å². The summed E-state index contributed by atoms with van der Waals surface area (Å²) in [5.74, 6) is -0.662. The van der Waals surface area contributed by atoms with Crippen molar-refractivity contribution in [2.75, 3.05) is 6.61 Å². The monoisotopic (exact) mass is 420 g/mol. The fraction of sp³-hybridized carbons (Fsp3) is 0.840. The molecule has 0 bridgehead atoms. The molecule has 1 spiro atoms. The number of allylic oxidation sites excluding steroid dienone is 1. The molecule has 0 aromatic heterocycles. The van der Waals surface area contributed by atoms with E-state index in [2.05, 4.69) is 26.8 Å². The zero-order chi connectivity index (χ0) is 22.4. The Morgan fingerprint density at radius 1 is 1.20 bits per heavy atom. The van der Waals surface area contributed by atoms with Crippen molar-refractivity contribution in [1.82, 2.24) is 0 Å². The predicted molar refractivity (Wildman–Crippen MR) is 116 cm³/mol. The van der Waals surface area contributed by atoms with Crippen LogP contribution >= 0.6 is 0 Å². The lowest BCUT2D eigenvalue weighted by Gasteiger charge is -2.61. The zero-order valence-electron chi connectivity index (χ0n) is 19.7. The van der Waals surface area contributed by atoms with Crippen molar-refractivity contribution in [2.24, 2.45) is 22.7 Å². The van der Waals surface area contributed by atoms with E-state index in [1.165, 1.54) is 6.42 Å². The predicted octanol–water partition coefficient (Wildman–Crippen LogP) is 5.52. The average molecular weight is 421 g/mol. The molecular weight excluding hydrogens is 380 g/mol. The molecule has 1 N–H and O–H groups in total. The van der Waals surface area contributed by atoms with E-state index in [-0.39, 0.29) is 35.7 Å². The second kappa shape index (κ2) is 7.96. The molecule has 0 aromatic carbocycles. The number of carboxylic acids is 1. The van der Waals surface area contributed by atoms with Gasteiger partial charge in [0, 0.05) is 5.41 Å². The summed E-state index contributed by atoms with van der Waals surface area (Å²) in [4.78, 5) is 23.9. The molecule has 2 fully saturated rings. The third kappa shape index (κ3) is 3.83. The van der Waals surface area contributed by atoms with Gasteiger partial charge in [-0.05, 0) is 62.4 Å². The summed E-state index contributed by atoms with van der Waals surface area (Å²) in [5.41, 5.74) is -0.113. The number of hydrogen-bond acceptors (Lipinski definition) is 4. The molecule has 30 heavy (non-hydrogen) atoms. The summed E-state index contributed by atoms with van der Waals surface area (Å²) in [6.45, 7) is 13.1. The van der Waals surface area contributed by atoms with Crippen molar-refractivity contribution >= 4 is 11.9 Å². The molecule has 3 aliphatic rings. The lowest BCUT2D eigenvalue weighted by atomic mass is 9.46. The van der Waals surface area contributed by atoms with Gasteiger partial charge >= 0.3 is 11.9 Å². The van der Waals surface area contributed by atoms with Crippen LogP contribution in [0.25, 0.3) is 0 Å². The van der Waals surface area contributed by atoms with Crippen LogP contribution in [-0.4, -0.2) is 34.9 Å². The van der Waals surface area contributed by atoms with E-state index in [4.69, 9.17) is 9.47 Å². The fourth-order valence-corrected chi connectivity index (χ4v) is 6.65. The zero-order valence-corrected chi connectivity index (χ0v) is 19.7. The summed E-state index contributed by atoms with van der Waals surface area (Å²) in [7, 11) is 0. The van der Waals surface area contributed by atoms with Gasteiger partial charge in [0.2, 0.25) is 0 Å².